The monoisotopic (exact) mass is 292 g/mol. The van der Waals surface area contributed by atoms with Crippen molar-refractivity contribution in [1.82, 2.24) is 0 Å². The summed E-state index contributed by atoms with van der Waals surface area (Å²) in [5.41, 5.74) is 1.82. The molecule has 3 heteroatoms. The third kappa shape index (κ3) is 3.01. The standard InChI is InChI=1S/C14H13BrO2/c1-10-6-7-11(13(16)8-10)9-17-14-5-3-2-4-12(14)15/h2-8,16H,9H2,1H3. The highest BCUT2D eigenvalue weighted by Crippen LogP contribution is 2.26. The van der Waals surface area contributed by atoms with Gasteiger partial charge < -0.3 is 9.84 Å². The molecule has 2 rings (SSSR count). The van der Waals surface area contributed by atoms with Crippen molar-refractivity contribution in [3.63, 3.8) is 0 Å². The number of benzene rings is 2. The average Bonchev–Trinajstić information content (AvgIpc) is 2.30. The Labute approximate surface area is 109 Å². The van der Waals surface area contributed by atoms with Gasteiger partial charge >= 0.3 is 0 Å². The van der Waals surface area contributed by atoms with Gasteiger partial charge in [0.05, 0.1) is 4.47 Å². The Kier molecular flexibility index (Phi) is 3.69. The Morgan fingerprint density at radius 3 is 2.65 bits per heavy atom. The Bertz CT molecular complexity index is 523. The molecule has 0 heterocycles. The van der Waals surface area contributed by atoms with Crippen LogP contribution in [-0.2, 0) is 6.61 Å². The van der Waals surface area contributed by atoms with Crippen LogP contribution in [0, 0.1) is 6.92 Å². The molecule has 0 radical (unpaired) electrons. The van der Waals surface area contributed by atoms with Crippen LogP contribution in [0.3, 0.4) is 0 Å². The molecule has 0 aliphatic carbocycles. The molecule has 0 amide bonds. The highest BCUT2D eigenvalue weighted by Gasteiger charge is 2.04. The minimum Gasteiger partial charge on any atom is -0.508 e. The lowest BCUT2D eigenvalue weighted by Crippen LogP contribution is -1.96. The molecule has 2 aromatic carbocycles. The van der Waals surface area contributed by atoms with Crippen molar-refractivity contribution >= 4 is 15.9 Å². The van der Waals surface area contributed by atoms with Crippen molar-refractivity contribution < 1.29 is 9.84 Å². The summed E-state index contributed by atoms with van der Waals surface area (Å²) in [6.07, 6.45) is 0. The number of rotatable bonds is 3. The second kappa shape index (κ2) is 5.23. The summed E-state index contributed by atoms with van der Waals surface area (Å²) in [4.78, 5) is 0. The van der Waals surface area contributed by atoms with Crippen LogP contribution in [0.1, 0.15) is 11.1 Å². The average molecular weight is 293 g/mol. The topological polar surface area (TPSA) is 29.5 Å². The van der Waals surface area contributed by atoms with E-state index in [0.717, 1.165) is 21.3 Å². The maximum Gasteiger partial charge on any atom is 0.133 e. The predicted octanol–water partition coefficient (Wildman–Crippen LogP) is 4.04. The fourth-order valence-electron chi connectivity index (χ4n) is 1.51. The van der Waals surface area contributed by atoms with Crippen LogP contribution >= 0.6 is 15.9 Å². The van der Waals surface area contributed by atoms with Crippen LogP contribution in [0.5, 0.6) is 11.5 Å². The smallest absolute Gasteiger partial charge is 0.133 e. The number of phenolic OH excluding ortho intramolecular Hbond substituents is 1. The van der Waals surface area contributed by atoms with Crippen molar-refractivity contribution in [1.29, 1.82) is 0 Å². The number of para-hydroxylation sites is 1. The van der Waals surface area contributed by atoms with E-state index in [-0.39, 0.29) is 5.75 Å². The van der Waals surface area contributed by atoms with Crippen LogP contribution < -0.4 is 4.74 Å². The number of aryl methyl sites for hydroxylation is 1. The first-order valence-corrected chi connectivity index (χ1v) is 6.12. The van der Waals surface area contributed by atoms with E-state index in [4.69, 9.17) is 4.74 Å². The van der Waals surface area contributed by atoms with E-state index >= 15 is 0 Å². The molecule has 2 aromatic rings. The summed E-state index contributed by atoms with van der Waals surface area (Å²) in [5.74, 6) is 1.05. The lowest BCUT2D eigenvalue weighted by Gasteiger charge is -2.09. The molecule has 0 bridgehead atoms. The van der Waals surface area contributed by atoms with E-state index in [9.17, 15) is 5.11 Å². The maximum absolute atomic E-state index is 9.75. The van der Waals surface area contributed by atoms with E-state index < -0.39 is 0 Å². The fraction of sp³-hybridized carbons (Fsp3) is 0.143. The summed E-state index contributed by atoms with van der Waals surface area (Å²) < 4.78 is 6.55. The molecular formula is C14H13BrO2. The summed E-state index contributed by atoms with van der Waals surface area (Å²) in [7, 11) is 0. The van der Waals surface area contributed by atoms with Gasteiger partial charge in [0, 0.05) is 5.56 Å². The SMILES string of the molecule is Cc1ccc(COc2ccccc2Br)c(O)c1. The number of hydrogen-bond acceptors (Lipinski definition) is 2. The van der Waals surface area contributed by atoms with Gasteiger partial charge in [0.25, 0.3) is 0 Å². The number of ether oxygens (including phenoxy) is 1. The van der Waals surface area contributed by atoms with Crippen molar-refractivity contribution in [2.24, 2.45) is 0 Å². The number of halogens is 1. The number of aromatic hydroxyl groups is 1. The number of phenols is 1. The van der Waals surface area contributed by atoms with Gasteiger partial charge in [-0.3, -0.25) is 0 Å². The fourth-order valence-corrected chi connectivity index (χ4v) is 1.91. The van der Waals surface area contributed by atoms with Gasteiger partial charge in [0.15, 0.2) is 0 Å². The molecule has 0 atom stereocenters. The first-order chi connectivity index (χ1) is 8.16. The third-order valence-corrected chi connectivity index (χ3v) is 3.12. The zero-order chi connectivity index (χ0) is 12.3. The molecular weight excluding hydrogens is 280 g/mol. The van der Waals surface area contributed by atoms with E-state index in [1.54, 1.807) is 6.07 Å². The molecule has 0 fully saturated rings. The third-order valence-electron chi connectivity index (χ3n) is 2.46. The first-order valence-electron chi connectivity index (χ1n) is 5.32. The van der Waals surface area contributed by atoms with Gasteiger partial charge in [-0.05, 0) is 46.6 Å². The Morgan fingerprint density at radius 2 is 1.94 bits per heavy atom. The minimum absolute atomic E-state index is 0.275. The molecule has 88 valence electrons. The Balaban J connectivity index is 2.10. The molecule has 0 aliphatic heterocycles. The van der Waals surface area contributed by atoms with E-state index in [2.05, 4.69) is 15.9 Å². The molecule has 0 aromatic heterocycles. The predicted molar refractivity (Wildman–Crippen MR) is 71.3 cm³/mol. The van der Waals surface area contributed by atoms with Gasteiger partial charge in [-0.15, -0.1) is 0 Å². The largest absolute Gasteiger partial charge is 0.508 e. The lowest BCUT2D eigenvalue weighted by atomic mass is 10.1. The quantitative estimate of drug-likeness (QED) is 0.925. The number of hydrogen-bond donors (Lipinski definition) is 1. The van der Waals surface area contributed by atoms with Crippen molar-refractivity contribution in [3.05, 3.63) is 58.1 Å². The van der Waals surface area contributed by atoms with Crippen molar-refractivity contribution in [2.45, 2.75) is 13.5 Å². The van der Waals surface area contributed by atoms with Crippen LogP contribution in [0.2, 0.25) is 0 Å². The normalized spacial score (nSPS) is 10.2. The summed E-state index contributed by atoms with van der Waals surface area (Å²) in [5, 5.41) is 9.75. The minimum atomic E-state index is 0.275. The highest BCUT2D eigenvalue weighted by atomic mass is 79.9. The molecule has 0 saturated carbocycles. The molecule has 0 unspecified atom stereocenters. The van der Waals surface area contributed by atoms with Crippen LogP contribution in [0.15, 0.2) is 46.9 Å². The van der Waals surface area contributed by atoms with Gasteiger partial charge in [0.2, 0.25) is 0 Å². The van der Waals surface area contributed by atoms with Gasteiger partial charge in [-0.1, -0.05) is 24.3 Å². The van der Waals surface area contributed by atoms with Crippen LogP contribution in [0.4, 0.5) is 0 Å². The zero-order valence-corrected chi connectivity index (χ0v) is 11.1. The summed E-state index contributed by atoms with van der Waals surface area (Å²) in [6.45, 7) is 2.30. The zero-order valence-electron chi connectivity index (χ0n) is 9.48. The molecule has 1 N–H and O–H groups in total. The molecule has 0 aliphatic rings. The molecule has 2 nitrogen and oxygen atoms in total. The Hall–Kier alpha value is -1.48. The first kappa shape index (κ1) is 12.0. The van der Waals surface area contributed by atoms with E-state index in [1.165, 1.54) is 0 Å². The molecule has 17 heavy (non-hydrogen) atoms. The van der Waals surface area contributed by atoms with Gasteiger partial charge in [0.1, 0.15) is 18.1 Å². The molecule has 0 spiro atoms. The highest BCUT2D eigenvalue weighted by molar-refractivity contribution is 9.10. The summed E-state index contributed by atoms with van der Waals surface area (Å²) >= 11 is 3.41. The second-order valence-corrected chi connectivity index (χ2v) is 4.71. The van der Waals surface area contributed by atoms with Crippen LogP contribution in [0.25, 0.3) is 0 Å². The van der Waals surface area contributed by atoms with Crippen molar-refractivity contribution in [3.8, 4) is 11.5 Å². The Morgan fingerprint density at radius 1 is 1.18 bits per heavy atom. The molecule has 0 saturated heterocycles. The van der Waals surface area contributed by atoms with Gasteiger partial charge in [-0.2, -0.15) is 0 Å². The second-order valence-electron chi connectivity index (χ2n) is 3.85. The summed E-state index contributed by atoms with van der Waals surface area (Å²) in [6, 6.07) is 13.2. The van der Waals surface area contributed by atoms with E-state index in [0.29, 0.717) is 6.61 Å². The van der Waals surface area contributed by atoms with Crippen LogP contribution in [-0.4, -0.2) is 5.11 Å². The maximum atomic E-state index is 9.75. The van der Waals surface area contributed by atoms with E-state index in [1.807, 2.05) is 43.3 Å². The van der Waals surface area contributed by atoms with Crippen molar-refractivity contribution in [2.75, 3.05) is 0 Å². The van der Waals surface area contributed by atoms with Gasteiger partial charge in [-0.25, -0.2) is 0 Å². The lowest BCUT2D eigenvalue weighted by molar-refractivity contribution is 0.297.